The average molecular weight is 692 g/mol. The molecule has 10 nitrogen and oxygen atoms in total. The second kappa shape index (κ2) is 15.0. The number of aliphatic hydroxyl groups excluding tert-OH is 1. The lowest BCUT2D eigenvalue weighted by Crippen LogP contribution is -2.53. The van der Waals surface area contributed by atoms with Crippen LogP contribution in [0.5, 0.6) is 5.75 Å². The number of nitrogens with zero attached hydrogens (tertiary/aromatic N) is 4. The Labute approximate surface area is 271 Å². The summed E-state index contributed by atoms with van der Waals surface area (Å²) >= 11 is 3.59. The van der Waals surface area contributed by atoms with Crippen LogP contribution < -0.4 is 15.6 Å². The Balaban J connectivity index is 1.56. The van der Waals surface area contributed by atoms with Crippen LogP contribution in [0.2, 0.25) is 0 Å². The van der Waals surface area contributed by atoms with E-state index in [1.807, 2.05) is 24.3 Å². The molecule has 0 spiro atoms. The smallest absolute Gasteiger partial charge is 0.266 e. The lowest BCUT2D eigenvalue weighted by atomic mass is 9.81. The molecule has 0 fully saturated rings. The molecule has 236 valence electrons. The summed E-state index contributed by atoms with van der Waals surface area (Å²) in [5.74, 6) is -1.31. The normalized spacial score (nSPS) is 17.0. The predicted octanol–water partition coefficient (Wildman–Crippen LogP) is 6.75. The number of amides is 1. The van der Waals surface area contributed by atoms with Gasteiger partial charge in [-0.25, -0.2) is 19.2 Å². The van der Waals surface area contributed by atoms with E-state index in [0.29, 0.717) is 45.6 Å². The maximum Gasteiger partial charge on any atom is 0.266 e. The number of halogens is 3. The molecule has 46 heavy (non-hydrogen) atoms. The number of aliphatic imine (C=N–C) groups is 1. The van der Waals surface area contributed by atoms with Crippen LogP contribution >= 0.6 is 15.9 Å². The largest absolute Gasteiger partial charge is 0.494 e. The lowest BCUT2D eigenvalue weighted by Gasteiger charge is -2.31. The van der Waals surface area contributed by atoms with Crippen molar-refractivity contribution < 1.29 is 28.2 Å². The van der Waals surface area contributed by atoms with Gasteiger partial charge in [0.25, 0.3) is 5.91 Å². The Bertz CT molecular complexity index is 1780. The Kier molecular flexibility index (Phi) is 10.6. The zero-order valence-corrected chi connectivity index (χ0v) is 26.0. The highest BCUT2D eigenvalue weighted by atomic mass is 79.9. The zero-order valence-electron chi connectivity index (χ0n) is 24.4. The van der Waals surface area contributed by atoms with Gasteiger partial charge in [-0.3, -0.25) is 10.2 Å². The molecule has 0 bridgehead atoms. The molecule has 3 N–H and O–H groups in total. The number of carbonyl (C=O) groups is 1. The molecular weight excluding hydrogens is 662 g/mol. The van der Waals surface area contributed by atoms with Crippen LogP contribution in [0.3, 0.4) is 0 Å². The van der Waals surface area contributed by atoms with Crippen LogP contribution in [0.25, 0.3) is 10.4 Å². The minimum Gasteiger partial charge on any atom is -0.494 e. The molecule has 0 aliphatic carbocycles. The predicted molar refractivity (Wildman–Crippen MR) is 171 cm³/mol. The van der Waals surface area contributed by atoms with Gasteiger partial charge < -0.3 is 14.6 Å². The molecule has 4 aromatic carbocycles. The first-order valence-corrected chi connectivity index (χ1v) is 15.1. The summed E-state index contributed by atoms with van der Waals surface area (Å²) in [5.41, 5.74) is 15.2. The van der Waals surface area contributed by atoms with Gasteiger partial charge in [-0.05, 0) is 47.5 Å². The molecule has 0 radical (unpaired) electrons. The van der Waals surface area contributed by atoms with E-state index in [1.54, 1.807) is 48.5 Å². The third-order valence-electron chi connectivity index (χ3n) is 7.32. The van der Waals surface area contributed by atoms with Gasteiger partial charge in [0.05, 0.1) is 6.61 Å². The van der Waals surface area contributed by atoms with E-state index in [-0.39, 0.29) is 31.0 Å². The third kappa shape index (κ3) is 7.35. The highest BCUT2D eigenvalue weighted by molar-refractivity contribution is 9.10. The number of rotatable bonds is 13. The van der Waals surface area contributed by atoms with Crippen LogP contribution in [0.4, 0.5) is 14.5 Å². The summed E-state index contributed by atoms with van der Waals surface area (Å²) in [4.78, 5) is 22.2. The van der Waals surface area contributed by atoms with E-state index in [4.69, 9.17) is 19.6 Å². The van der Waals surface area contributed by atoms with E-state index in [2.05, 4.69) is 36.8 Å². The molecule has 0 unspecified atom stereocenters. The van der Waals surface area contributed by atoms with E-state index in [1.165, 1.54) is 6.07 Å². The Morgan fingerprint density at radius 1 is 1.07 bits per heavy atom. The van der Waals surface area contributed by atoms with Gasteiger partial charge in [-0.15, -0.1) is 0 Å². The second-order valence-corrected chi connectivity index (χ2v) is 11.2. The van der Waals surface area contributed by atoms with Gasteiger partial charge in [0.15, 0.2) is 11.6 Å². The Morgan fingerprint density at radius 2 is 1.83 bits per heavy atom. The fraction of sp³-hybridized carbons (Fsp3) is 0.212. The standard InChI is InChI=1S/C33H29BrF2N6O4/c34-27-8-3-2-7-26(27)30-33(19-22-6-1-4-9-29(22)40-42-37,32(44)41-38-20-23-10-13-24(35)18-28(23)36)39-31(46-30)21-11-14-25(15-12-21)45-17-5-16-43/h1-4,6-15,18,30,38,43H,5,16-17,19-20H2,(H,41,44)/t30-,33-/m0/s1. The number of carbonyl (C=O) groups excluding carboxylic acids is 1. The van der Waals surface area contributed by atoms with Crippen LogP contribution in [0, 0.1) is 11.6 Å². The molecule has 5 rings (SSSR count). The van der Waals surface area contributed by atoms with Gasteiger partial charge in [0.2, 0.25) is 5.90 Å². The highest BCUT2D eigenvalue weighted by Gasteiger charge is 2.54. The summed E-state index contributed by atoms with van der Waals surface area (Å²) in [7, 11) is 0. The maximum absolute atomic E-state index is 14.4. The highest BCUT2D eigenvalue weighted by Crippen LogP contribution is 2.45. The van der Waals surface area contributed by atoms with Gasteiger partial charge >= 0.3 is 0 Å². The molecule has 0 saturated heterocycles. The van der Waals surface area contributed by atoms with E-state index in [9.17, 15) is 19.1 Å². The molecule has 0 aromatic heterocycles. The van der Waals surface area contributed by atoms with Crippen molar-refractivity contribution in [3.63, 3.8) is 0 Å². The molecule has 13 heteroatoms. The topological polar surface area (TPSA) is 141 Å². The molecule has 1 aliphatic rings. The van der Waals surface area contributed by atoms with Gasteiger partial charge in [-0.2, -0.15) is 0 Å². The SMILES string of the molecule is [N-]=[N+]=Nc1ccccc1C[C@]1(C(=O)NNCc2ccc(F)cc2F)N=C(c2ccc(OCCCO)cc2)O[C@H]1c1ccccc1Br. The van der Waals surface area contributed by atoms with Gasteiger partial charge in [0.1, 0.15) is 17.4 Å². The summed E-state index contributed by atoms with van der Waals surface area (Å²) in [6.07, 6.45) is -0.525. The van der Waals surface area contributed by atoms with Crippen molar-refractivity contribution in [2.45, 2.75) is 31.0 Å². The van der Waals surface area contributed by atoms with Crippen molar-refractivity contribution in [1.29, 1.82) is 0 Å². The molecule has 1 heterocycles. The number of ether oxygens (including phenoxy) is 2. The van der Waals surface area contributed by atoms with Crippen molar-refractivity contribution in [3.05, 3.63) is 140 Å². The zero-order chi connectivity index (χ0) is 32.5. The number of benzene rings is 4. The summed E-state index contributed by atoms with van der Waals surface area (Å²) in [6, 6.07) is 24.3. The van der Waals surface area contributed by atoms with Crippen LogP contribution in [-0.2, 0) is 22.5 Å². The molecule has 1 amide bonds. The van der Waals surface area contributed by atoms with Gasteiger partial charge in [-0.1, -0.05) is 69.6 Å². The number of hydrogen-bond acceptors (Lipinski definition) is 7. The van der Waals surface area contributed by atoms with Crippen molar-refractivity contribution in [2.24, 2.45) is 10.1 Å². The van der Waals surface area contributed by atoms with E-state index in [0.717, 1.165) is 12.1 Å². The first kappa shape index (κ1) is 32.6. The number of nitrogens with one attached hydrogen (secondary N) is 2. The second-order valence-electron chi connectivity index (χ2n) is 10.3. The molecule has 1 aliphatic heterocycles. The number of azide groups is 1. The minimum atomic E-state index is -1.66. The molecule has 4 aromatic rings. The fourth-order valence-corrected chi connectivity index (χ4v) is 5.53. The summed E-state index contributed by atoms with van der Waals surface area (Å²) < 4.78 is 40.6. The third-order valence-corrected chi connectivity index (χ3v) is 8.04. The van der Waals surface area contributed by atoms with Crippen LogP contribution in [0.1, 0.15) is 34.8 Å². The van der Waals surface area contributed by atoms with Crippen LogP contribution in [-0.4, -0.2) is 35.7 Å². The van der Waals surface area contributed by atoms with Crippen molar-refractivity contribution in [1.82, 2.24) is 10.9 Å². The quantitative estimate of drug-likeness (QED) is 0.0468. The monoisotopic (exact) mass is 690 g/mol. The summed E-state index contributed by atoms with van der Waals surface area (Å²) in [5, 5.41) is 12.9. The lowest BCUT2D eigenvalue weighted by molar-refractivity contribution is -0.130. The van der Waals surface area contributed by atoms with E-state index < -0.39 is 29.2 Å². The number of aliphatic hydroxyl groups is 1. The first-order valence-electron chi connectivity index (χ1n) is 14.3. The Hall–Kier alpha value is -4.81. The fourth-order valence-electron chi connectivity index (χ4n) is 5.04. The number of hydrogen-bond donors (Lipinski definition) is 3. The van der Waals surface area contributed by atoms with Crippen molar-refractivity contribution >= 4 is 33.4 Å². The number of hydrazine groups is 1. The minimum absolute atomic E-state index is 0.0137. The molecule has 2 atom stereocenters. The van der Waals surface area contributed by atoms with Crippen molar-refractivity contribution in [2.75, 3.05) is 13.2 Å². The molecule has 0 saturated carbocycles. The first-order chi connectivity index (χ1) is 22.3. The van der Waals surface area contributed by atoms with E-state index >= 15 is 0 Å². The average Bonchev–Trinajstić information content (AvgIpc) is 3.44. The van der Waals surface area contributed by atoms with Crippen LogP contribution in [0.15, 0.2) is 106 Å². The van der Waals surface area contributed by atoms with Gasteiger partial charge in [0, 0.05) is 63.8 Å². The maximum atomic E-state index is 14.4. The molecular formula is C33H29BrF2N6O4. The Morgan fingerprint density at radius 3 is 2.57 bits per heavy atom. The summed E-state index contributed by atoms with van der Waals surface area (Å²) in [6.45, 7) is 0.220. The van der Waals surface area contributed by atoms with Crippen molar-refractivity contribution in [3.8, 4) is 5.75 Å².